The zero-order valence-electron chi connectivity index (χ0n) is 12.9. The topological polar surface area (TPSA) is 80.8 Å². The fraction of sp³-hybridized carbons (Fsp3) is 0.600. The van der Waals surface area contributed by atoms with Gasteiger partial charge in [0.2, 0.25) is 0 Å². The predicted molar refractivity (Wildman–Crippen MR) is 86.3 cm³/mol. The van der Waals surface area contributed by atoms with Crippen molar-refractivity contribution in [2.45, 2.75) is 38.3 Å². The van der Waals surface area contributed by atoms with E-state index in [1.807, 2.05) is 13.0 Å². The molecule has 0 aromatic carbocycles. The maximum absolute atomic E-state index is 12.4. The molecule has 1 aliphatic heterocycles. The van der Waals surface area contributed by atoms with Gasteiger partial charge in [0, 0.05) is 12.1 Å². The van der Waals surface area contributed by atoms with Crippen molar-refractivity contribution in [3.8, 4) is 0 Å². The predicted octanol–water partition coefficient (Wildman–Crippen LogP) is 1.39. The van der Waals surface area contributed by atoms with Crippen LogP contribution in [0.15, 0.2) is 11.4 Å². The molecule has 3 rings (SSSR count). The molecule has 2 heterocycles. The van der Waals surface area contributed by atoms with E-state index < -0.39 is 15.8 Å². The van der Waals surface area contributed by atoms with Crippen LogP contribution in [0.5, 0.6) is 0 Å². The number of hydrogen-bond donors (Lipinski definition) is 0. The SMILES string of the molecule is Cc1ccsc1C(=O)OCC(=O)N(C1CC1)[C@@H]1CCS(=O)(=O)C1. The highest BCUT2D eigenvalue weighted by Gasteiger charge is 2.42. The standard InChI is InChI=1S/C15H19NO5S2/c1-10-4-6-22-14(10)15(18)21-8-13(17)16(11-2-3-11)12-5-7-23(19,20)9-12/h4,6,11-12H,2-3,5,7-9H2,1H3/t12-/m1/s1. The minimum absolute atomic E-state index is 0.0211. The fourth-order valence-corrected chi connectivity index (χ4v) is 5.43. The van der Waals surface area contributed by atoms with E-state index in [2.05, 4.69) is 0 Å². The van der Waals surface area contributed by atoms with Gasteiger partial charge in [0.05, 0.1) is 11.5 Å². The number of sulfone groups is 1. The molecule has 2 aliphatic rings. The summed E-state index contributed by atoms with van der Waals surface area (Å²) in [5.74, 6) is -0.645. The van der Waals surface area contributed by atoms with Gasteiger partial charge in [-0.3, -0.25) is 4.79 Å². The summed E-state index contributed by atoms with van der Waals surface area (Å²) in [5, 5.41) is 1.80. The van der Waals surface area contributed by atoms with Gasteiger partial charge >= 0.3 is 5.97 Å². The van der Waals surface area contributed by atoms with Crippen molar-refractivity contribution in [2.75, 3.05) is 18.1 Å². The van der Waals surface area contributed by atoms with Gasteiger partial charge in [0.1, 0.15) is 4.88 Å². The summed E-state index contributed by atoms with van der Waals surface area (Å²) in [5.41, 5.74) is 0.827. The van der Waals surface area contributed by atoms with Crippen LogP contribution < -0.4 is 0 Å². The Kier molecular flexibility index (Phi) is 4.46. The average molecular weight is 357 g/mol. The van der Waals surface area contributed by atoms with E-state index in [1.165, 1.54) is 11.3 Å². The van der Waals surface area contributed by atoms with Crippen LogP contribution in [0.4, 0.5) is 0 Å². The summed E-state index contributed by atoms with van der Waals surface area (Å²) < 4.78 is 28.4. The number of amides is 1. The second kappa shape index (κ2) is 6.24. The van der Waals surface area contributed by atoms with Crippen LogP contribution in [0, 0.1) is 6.92 Å². The summed E-state index contributed by atoms with van der Waals surface area (Å²) in [6, 6.07) is 1.65. The molecule has 0 unspecified atom stereocenters. The zero-order valence-corrected chi connectivity index (χ0v) is 14.5. The van der Waals surface area contributed by atoms with Crippen molar-refractivity contribution in [3.05, 3.63) is 21.9 Å². The summed E-state index contributed by atoms with van der Waals surface area (Å²) in [4.78, 5) is 26.6. The van der Waals surface area contributed by atoms with Crippen molar-refractivity contribution >= 4 is 33.1 Å². The van der Waals surface area contributed by atoms with E-state index in [0.29, 0.717) is 11.3 Å². The van der Waals surface area contributed by atoms with Gasteiger partial charge in [-0.15, -0.1) is 11.3 Å². The van der Waals surface area contributed by atoms with Crippen molar-refractivity contribution in [3.63, 3.8) is 0 Å². The van der Waals surface area contributed by atoms with E-state index in [1.54, 1.807) is 10.3 Å². The molecule has 0 radical (unpaired) electrons. The molecule has 1 amide bonds. The smallest absolute Gasteiger partial charge is 0.349 e. The number of hydrogen-bond acceptors (Lipinski definition) is 6. The van der Waals surface area contributed by atoms with Gasteiger partial charge in [-0.05, 0) is 43.2 Å². The normalized spacial score (nSPS) is 22.7. The third-order valence-corrected chi connectivity index (χ3v) is 6.95. The van der Waals surface area contributed by atoms with Gasteiger partial charge < -0.3 is 9.64 Å². The molecule has 23 heavy (non-hydrogen) atoms. The Bertz CT molecular complexity index is 720. The van der Waals surface area contributed by atoms with E-state index in [-0.39, 0.29) is 36.1 Å². The molecule has 1 atom stereocenters. The highest BCUT2D eigenvalue weighted by molar-refractivity contribution is 7.91. The third-order valence-electron chi connectivity index (χ3n) is 4.20. The molecule has 0 N–H and O–H groups in total. The van der Waals surface area contributed by atoms with Crippen molar-refractivity contribution < 1.29 is 22.7 Å². The Labute approximate surface area is 139 Å². The number of rotatable bonds is 5. The lowest BCUT2D eigenvalue weighted by Crippen LogP contribution is -2.44. The molecule has 1 saturated carbocycles. The maximum Gasteiger partial charge on any atom is 0.349 e. The molecular formula is C15H19NO5S2. The van der Waals surface area contributed by atoms with Gasteiger partial charge in [-0.25, -0.2) is 13.2 Å². The average Bonchev–Trinajstić information content (AvgIpc) is 3.12. The maximum atomic E-state index is 12.4. The van der Waals surface area contributed by atoms with Gasteiger partial charge in [0.15, 0.2) is 16.4 Å². The number of nitrogens with zero attached hydrogens (tertiary/aromatic N) is 1. The van der Waals surface area contributed by atoms with Crippen LogP contribution in [-0.4, -0.2) is 55.4 Å². The second-order valence-corrected chi connectivity index (χ2v) is 9.24. The lowest BCUT2D eigenvalue weighted by molar-refractivity contribution is -0.137. The Morgan fingerprint density at radius 3 is 2.57 bits per heavy atom. The molecule has 0 bridgehead atoms. The van der Waals surface area contributed by atoms with Gasteiger partial charge in [0.25, 0.3) is 5.91 Å². The zero-order chi connectivity index (χ0) is 16.6. The molecule has 1 aromatic rings. The Morgan fingerprint density at radius 1 is 1.30 bits per heavy atom. The minimum Gasteiger partial charge on any atom is -0.451 e. The number of ether oxygens (including phenoxy) is 1. The van der Waals surface area contributed by atoms with Crippen LogP contribution >= 0.6 is 11.3 Å². The first-order valence-electron chi connectivity index (χ1n) is 7.60. The number of carbonyl (C=O) groups excluding carboxylic acids is 2. The van der Waals surface area contributed by atoms with Crippen molar-refractivity contribution in [1.82, 2.24) is 4.90 Å². The highest BCUT2D eigenvalue weighted by Crippen LogP contribution is 2.32. The molecular weight excluding hydrogens is 338 g/mol. The molecule has 1 aliphatic carbocycles. The molecule has 0 spiro atoms. The minimum atomic E-state index is -3.05. The largest absolute Gasteiger partial charge is 0.451 e. The molecule has 8 heteroatoms. The van der Waals surface area contributed by atoms with Gasteiger partial charge in [-0.1, -0.05) is 0 Å². The van der Waals surface area contributed by atoms with Crippen LogP contribution in [0.1, 0.15) is 34.5 Å². The first-order valence-corrected chi connectivity index (χ1v) is 10.3. The molecule has 126 valence electrons. The van der Waals surface area contributed by atoms with E-state index in [4.69, 9.17) is 4.74 Å². The summed E-state index contributed by atoms with van der Waals surface area (Å²) in [6.45, 7) is 1.48. The lowest BCUT2D eigenvalue weighted by Gasteiger charge is -2.28. The monoisotopic (exact) mass is 357 g/mol. The number of carbonyl (C=O) groups is 2. The van der Waals surface area contributed by atoms with Gasteiger partial charge in [-0.2, -0.15) is 0 Å². The first-order chi connectivity index (χ1) is 10.9. The highest BCUT2D eigenvalue weighted by atomic mass is 32.2. The number of esters is 1. The molecule has 2 fully saturated rings. The van der Waals surface area contributed by atoms with Crippen LogP contribution in [0.25, 0.3) is 0 Å². The quantitative estimate of drug-likeness (QED) is 0.744. The Morgan fingerprint density at radius 2 is 2.04 bits per heavy atom. The lowest BCUT2D eigenvalue weighted by atomic mass is 10.2. The number of aryl methyl sites for hydroxylation is 1. The number of thiophene rings is 1. The Balaban J connectivity index is 1.61. The second-order valence-electron chi connectivity index (χ2n) is 6.10. The summed E-state index contributed by atoms with van der Waals surface area (Å²) >= 11 is 1.28. The van der Waals surface area contributed by atoms with E-state index in [0.717, 1.165) is 18.4 Å². The molecule has 1 aromatic heterocycles. The Hall–Kier alpha value is -1.41. The van der Waals surface area contributed by atoms with Crippen LogP contribution in [-0.2, 0) is 19.4 Å². The summed E-state index contributed by atoms with van der Waals surface area (Å²) in [6.07, 6.45) is 2.25. The van der Waals surface area contributed by atoms with Crippen molar-refractivity contribution in [2.24, 2.45) is 0 Å². The van der Waals surface area contributed by atoms with E-state index >= 15 is 0 Å². The van der Waals surface area contributed by atoms with Crippen molar-refractivity contribution in [1.29, 1.82) is 0 Å². The third kappa shape index (κ3) is 3.74. The molecule has 6 nitrogen and oxygen atoms in total. The fourth-order valence-electron chi connectivity index (χ4n) is 2.90. The first kappa shape index (κ1) is 16.4. The molecule has 1 saturated heterocycles. The van der Waals surface area contributed by atoms with Crippen LogP contribution in [0.3, 0.4) is 0 Å². The van der Waals surface area contributed by atoms with E-state index in [9.17, 15) is 18.0 Å². The summed E-state index contributed by atoms with van der Waals surface area (Å²) in [7, 11) is -3.05. The van der Waals surface area contributed by atoms with Crippen LogP contribution in [0.2, 0.25) is 0 Å².